The molecule has 2 rings (SSSR count). The second-order valence-corrected chi connectivity index (χ2v) is 4.08. The molecule has 0 unspecified atom stereocenters. The van der Waals surface area contributed by atoms with Gasteiger partial charge in [0.1, 0.15) is 5.82 Å². The van der Waals surface area contributed by atoms with Gasteiger partial charge in [-0.25, -0.2) is 0 Å². The lowest BCUT2D eigenvalue weighted by atomic mass is 10.3. The van der Waals surface area contributed by atoms with Crippen LogP contribution in [0, 0.1) is 0 Å². The molecule has 9 heteroatoms. The second-order valence-electron chi connectivity index (χ2n) is 3.35. The molecule has 1 amide bonds. The van der Waals surface area contributed by atoms with E-state index in [-0.39, 0.29) is 11.6 Å². The lowest BCUT2D eigenvalue weighted by molar-refractivity contribution is 0.102. The first-order chi connectivity index (χ1) is 8.79. The van der Waals surface area contributed by atoms with Crippen LogP contribution in [0.4, 0.5) is 10.9 Å². The van der Waals surface area contributed by atoms with Crippen LogP contribution < -0.4 is 10.6 Å². The van der Waals surface area contributed by atoms with Crippen molar-refractivity contribution in [1.82, 2.24) is 25.0 Å². The first-order valence-corrected chi connectivity index (χ1v) is 6.11. The maximum absolute atomic E-state index is 11.7. The highest BCUT2D eigenvalue weighted by Gasteiger charge is 2.10. The summed E-state index contributed by atoms with van der Waals surface area (Å²) in [5, 5.41) is 20.6. The van der Waals surface area contributed by atoms with Crippen LogP contribution >= 0.6 is 11.5 Å². The Balaban J connectivity index is 1.98. The number of amides is 1. The van der Waals surface area contributed by atoms with Crippen LogP contribution in [0.2, 0.25) is 0 Å². The van der Waals surface area contributed by atoms with E-state index in [2.05, 4.69) is 42.6 Å². The highest BCUT2D eigenvalue weighted by atomic mass is 32.1. The number of nitrogens with zero attached hydrogens (tertiary/aromatic N) is 5. The van der Waals surface area contributed by atoms with Crippen molar-refractivity contribution >= 4 is 28.4 Å². The predicted octanol–water partition coefficient (Wildman–Crippen LogP) is 0.797. The van der Waals surface area contributed by atoms with Gasteiger partial charge >= 0.3 is 0 Å². The van der Waals surface area contributed by atoms with Crippen molar-refractivity contribution in [3.63, 3.8) is 0 Å². The molecule has 2 heterocycles. The van der Waals surface area contributed by atoms with E-state index in [0.717, 1.165) is 24.5 Å². The van der Waals surface area contributed by atoms with Crippen molar-refractivity contribution < 1.29 is 4.79 Å². The van der Waals surface area contributed by atoms with Crippen LogP contribution in [0.1, 0.15) is 23.8 Å². The van der Waals surface area contributed by atoms with Gasteiger partial charge < -0.3 is 5.32 Å². The van der Waals surface area contributed by atoms with Crippen molar-refractivity contribution in [2.24, 2.45) is 0 Å². The van der Waals surface area contributed by atoms with Gasteiger partial charge in [0.2, 0.25) is 5.13 Å². The molecule has 0 saturated heterocycles. The number of hydrogen-bond acceptors (Lipinski definition) is 8. The van der Waals surface area contributed by atoms with Gasteiger partial charge in [0.15, 0.2) is 5.69 Å². The molecule has 0 bridgehead atoms. The van der Waals surface area contributed by atoms with E-state index in [1.807, 2.05) is 0 Å². The maximum atomic E-state index is 11.7. The summed E-state index contributed by atoms with van der Waals surface area (Å²) < 4.78 is 3.54. The Morgan fingerprint density at radius 1 is 1.33 bits per heavy atom. The third-order valence-electron chi connectivity index (χ3n) is 1.97. The first kappa shape index (κ1) is 12.3. The Morgan fingerprint density at radius 3 is 2.83 bits per heavy atom. The average molecular weight is 265 g/mol. The Bertz CT molecular complexity index is 498. The zero-order valence-corrected chi connectivity index (χ0v) is 10.4. The number of carbonyl (C=O) groups excluding carboxylic acids is 1. The molecule has 0 aromatic carbocycles. The summed E-state index contributed by atoms with van der Waals surface area (Å²) in [6.07, 6.45) is 0.994. The number of hydrogen-bond donors (Lipinski definition) is 2. The van der Waals surface area contributed by atoms with E-state index < -0.39 is 0 Å². The van der Waals surface area contributed by atoms with Gasteiger partial charge in [0.05, 0.1) is 0 Å². The average Bonchev–Trinajstić information content (AvgIpc) is 2.89. The smallest absolute Gasteiger partial charge is 0.278 e. The number of carbonyl (C=O) groups is 1. The molecule has 0 aliphatic heterocycles. The van der Waals surface area contributed by atoms with Crippen molar-refractivity contribution in [3.05, 3.63) is 17.8 Å². The highest BCUT2D eigenvalue weighted by Crippen LogP contribution is 2.08. The summed E-state index contributed by atoms with van der Waals surface area (Å²) in [4.78, 5) is 11.7. The zero-order chi connectivity index (χ0) is 12.8. The summed E-state index contributed by atoms with van der Waals surface area (Å²) in [6.45, 7) is 2.87. The Morgan fingerprint density at radius 2 is 2.22 bits per heavy atom. The Kier molecular flexibility index (Phi) is 4.07. The molecular formula is C9H11N7OS. The van der Waals surface area contributed by atoms with E-state index in [4.69, 9.17) is 0 Å². The monoisotopic (exact) mass is 265 g/mol. The van der Waals surface area contributed by atoms with Gasteiger partial charge in [-0.1, -0.05) is 16.5 Å². The van der Waals surface area contributed by atoms with E-state index in [1.165, 1.54) is 0 Å². The van der Waals surface area contributed by atoms with Gasteiger partial charge in [-0.05, 0) is 23.8 Å². The summed E-state index contributed by atoms with van der Waals surface area (Å²) in [5.41, 5.74) is 0.215. The van der Waals surface area contributed by atoms with E-state index in [0.29, 0.717) is 10.9 Å². The van der Waals surface area contributed by atoms with E-state index in [1.54, 1.807) is 12.1 Å². The zero-order valence-electron chi connectivity index (χ0n) is 9.62. The topological polar surface area (TPSA) is 106 Å². The SMILES string of the molecule is CCCNc1ccc(C(=O)Nc2nnns2)nn1. The molecule has 0 atom stereocenters. The summed E-state index contributed by atoms with van der Waals surface area (Å²) >= 11 is 0.995. The van der Waals surface area contributed by atoms with Crippen LogP contribution in [0.15, 0.2) is 12.1 Å². The van der Waals surface area contributed by atoms with Crippen LogP contribution in [0.5, 0.6) is 0 Å². The van der Waals surface area contributed by atoms with Gasteiger partial charge in [-0.2, -0.15) is 0 Å². The fourth-order valence-corrected chi connectivity index (χ4v) is 1.51. The van der Waals surface area contributed by atoms with Crippen LogP contribution in [-0.2, 0) is 0 Å². The quantitative estimate of drug-likeness (QED) is 0.823. The maximum Gasteiger partial charge on any atom is 0.278 e. The summed E-state index contributed by atoms with van der Waals surface area (Å²) in [5.74, 6) is 0.258. The lowest BCUT2D eigenvalue weighted by Gasteiger charge is -2.03. The summed E-state index contributed by atoms with van der Waals surface area (Å²) in [6, 6.07) is 3.30. The molecule has 94 valence electrons. The van der Waals surface area contributed by atoms with Crippen molar-refractivity contribution in [1.29, 1.82) is 0 Å². The Labute approximate surface area is 107 Å². The number of aromatic nitrogens is 5. The standard InChI is InChI=1S/C9H11N7OS/c1-2-5-10-7-4-3-6(12-13-7)8(17)11-9-14-15-16-18-9/h3-4H,2,5H2,1H3,(H,10,13)(H,11,14,16,17). The number of nitrogens with one attached hydrogen (secondary N) is 2. The van der Waals surface area contributed by atoms with Crippen molar-refractivity contribution in [2.75, 3.05) is 17.2 Å². The van der Waals surface area contributed by atoms with E-state index in [9.17, 15) is 4.79 Å². The molecule has 0 aliphatic carbocycles. The highest BCUT2D eigenvalue weighted by molar-refractivity contribution is 7.09. The molecule has 0 fully saturated rings. The molecule has 2 aromatic heterocycles. The van der Waals surface area contributed by atoms with Crippen LogP contribution in [-0.4, -0.2) is 37.4 Å². The largest absolute Gasteiger partial charge is 0.369 e. The molecule has 8 nitrogen and oxygen atoms in total. The second kappa shape index (κ2) is 5.96. The molecule has 2 aromatic rings. The van der Waals surface area contributed by atoms with Gasteiger partial charge in [-0.3, -0.25) is 10.1 Å². The molecule has 0 aliphatic rings. The summed E-state index contributed by atoms with van der Waals surface area (Å²) in [7, 11) is 0. The third kappa shape index (κ3) is 3.17. The minimum atomic E-state index is -0.386. The molecule has 0 saturated carbocycles. The lowest BCUT2D eigenvalue weighted by Crippen LogP contribution is -2.15. The molecule has 18 heavy (non-hydrogen) atoms. The van der Waals surface area contributed by atoms with Crippen LogP contribution in [0.25, 0.3) is 0 Å². The fourth-order valence-electron chi connectivity index (χ4n) is 1.14. The fraction of sp³-hybridized carbons (Fsp3) is 0.333. The van der Waals surface area contributed by atoms with Gasteiger partial charge in [-0.15, -0.1) is 10.2 Å². The number of anilines is 2. The Hall–Kier alpha value is -2.16. The van der Waals surface area contributed by atoms with Gasteiger partial charge in [0, 0.05) is 18.1 Å². The molecular weight excluding hydrogens is 254 g/mol. The number of rotatable bonds is 5. The van der Waals surface area contributed by atoms with Crippen molar-refractivity contribution in [3.8, 4) is 0 Å². The van der Waals surface area contributed by atoms with Gasteiger partial charge in [0.25, 0.3) is 5.91 Å². The van der Waals surface area contributed by atoms with Crippen molar-refractivity contribution in [2.45, 2.75) is 13.3 Å². The molecule has 0 radical (unpaired) electrons. The predicted molar refractivity (Wildman–Crippen MR) is 66.5 cm³/mol. The van der Waals surface area contributed by atoms with Crippen LogP contribution in [0.3, 0.4) is 0 Å². The minimum absolute atomic E-state index is 0.215. The minimum Gasteiger partial charge on any atom is -0.369 e. The molecule has 0 spiro atoms. The normalized spacial score (nSPS) is 10.1. The first-order valence-electron chi connectivity index (χ1n) is 5.33. The third-order valence-corrected chi connectivity index (χ3v) is 2.48. The van der Waals surface area contributed by atoms with E-state index >= 15 is 0 Å². The molecule has 2 N–H and O–H groups in total.